The SMILES string of the molecule is Cc1cc(C)n2nc(C(=O)NCCc3cccc4cccnc34)nc2n1. The first-order valence-electron chi connectivity index (χ1n) is 8.43. The number of hydrogen-bond donors (Lipinski definition) is 1. The highest BCUT2D eigenvalue weighted by molar-refractivity contribution is 5.90. The molecule has 1 amide bonds. The summed E-state index contributed by atoms with van der Waals surface area (Å²) >= 11 is 0. The largest absolute Gasteiger partial charge is 0.349 e. The lowest BCUT2D eigenvalue weighted by Crippen LogP contribution is -2.26. The van der Waals surface area contributed by atoms with Crippen LogP contribution in [0.5, 0.6) is 0 Å². The van der Waals surface area contributed by atoms with E-state index in [2.05, 4.69) is 25.4 Å². The maximum Gasteiger partial charge on any atom is 0.291 e. The van der Waals surface area contributed by atoms with Gasteiger partial charge in [0.05, 0.1) is 5.52 Å². The van der Waals surface area contributed by atoms with Crippen molar-refractivity contribution in [2.24, 2.45) is 0 Å². The third-order valence-corrected chi connectivity index (χ3v) is 4.22. The molecule has 4 rings (SSSR count). The predicted molar refractivity (Wildman–Crippen MR) is 98.0 cm³/mol. The molecule has 7 nitrogen and oxygen atoms in total. The van der Waals surface area contributed by atoms with Crippen molar-refractivity contribution in [3.05, 3.63) is 65.4 Å². The van der Waals surface area contributed by atoms with Gasteiger partial charge in [0.1, 0.15) is 0 Å². The molecule has 1 aromatic carbocycles. The molecule has 0 radical (unpaired) electrons. The zero-order chi connectivity index (χ0) is 18.1. The highest BCUT2D eigenvalue weighted by Crippen LogP contribution is 2.16. The zero-order valence-corrected chi connectivity index (χ0v) is 14.6. The lowest BCUT2D eigenvalue weighted by atomic mass is 10.1. The van der Waals surface area contributed by atoms with Gasteiger partial charge in [-0.3, -0.25) is 9.78 Å². The maximum atomic E-state index is 12.4. The highest BCUT2D eigenvalue weighted by atomic mass is 16.2. The van der Waals surface area contributed by atoms with Crippen LogP contribution in [0.15, 0.2) is 42.6 Å². The standard InChI is InChI=1S/C19H18N6O/c1-12-11-13(2)25-19(22-12)23-17(24-25)18(26)21-10-8-15-6-3-5-14-7-4-9-20-16(14)15/h3-7,9,11H,8,10H2,1-2H3,(H,21,26). The van der Waals surface area contributed by atoms with Crippen molar-refractivity contribution in [1.82, 2.24) is 29.9 Å². The fourth-order valence-electron chi connectivity index (χ4n) is 3.02. The number of nitrogens with zero attached hydrogens (tertiary/aromatic N) is 5. The molecular weight excluding hydrogens is 328 g/mol. The van der Waals surface area contributed by atoms with Gasteiger partial charge in [-0.15, -0.1) is 5.10 Å². The summed E-state index contributed by atoms with van der Waals surface area (Å²) in [6.07, 6.45) is 2.46. The van der Waals surface area contributed by atoms with Crippen LogP contribution in [0.2, 0.25) is 0 Å². The third-order valence-electron chi connectivity index (χ3n) is 4.22. The van der Waals surface area contributed by atoms with Gasteiger partial charge in [-0.1, -0.05) is 24.3 Å². The second kappa shape index (κ2) is 6.51. The summed E-state index contributed by atoms with van der Waals surface area (Å²) in [6, 6.07) is 11.9. The van der Waals surface area contributed by atoms with Crippen LogP contribution in [-0.2, 0) is 6.42 Å². The quantitative estimate of drug-likeness (QED) is 0.613. The lowest BCUT2D eigenvalue weighted by Gasteiger charge is -2.06. The van der Waals surface area contributed by atoms with Crippen LogP contribution >= 0.6 is 0 Å². The molecule has 0 aliphatic heterocycles. The van der Waals surface area contributed by atoms with Crippen LogP contribution in [-0.4, -0.2) is 37.0 Å². The molecule has 130 valence electrons. The predicted octanol–water partition coefficient (Wildman–Crippen LogP) is 2.26. The second-order valence-electron chi connectivity index (χ2n) is 6.18. The van der Waals surface area contributed by atoms with E-state index >= 15 is 0 Å². The molecule has 0 unspecified atom stereocenters. The van der Waals surface area contributed by atoms with Crippen LogP contribution in [0.3, 0.4) is 0 Å². The van der Waals surface area contributed by atoms with Crippen LogP contribution in [0.4, 0.5) is 0 Å². The Labute approximate surface area is 150 Å². The summed E-state index contributed by atoms with van der Waals surface area (Å²) < 4.78 is 1.58. The summed E-state index contributed by atoms with van der Waals surface area (Å²) in [7, 11) is 0. The van der Waals surface area contributed by atoms with E-state index in [9.17, 15) is 4.79 Å². The molecular formula is C19H18N6O. The first-order chi connectivity index (χ1) is 12.6. The molecule has 4 aromatic rings. The number of hydrogen-bond acceptors (Lipinski definition) is 5. The molecule has 0 spiro atoms. The Kier molecular flexibility index (Phi) is 4.04. The topological polar surface area (TPSA) is 85.1 Å². The lowest BCUT2D eigenvalue weighted by molar-refractivity contribution is 0.0944. The smallest absolute Gasteiger partial charge is 0.291 e. The Hall–Kier alpha value is -3.35. The van der Waals surface area contributed by atoms with Crippen molar-refractivity contribution in [1.29, 1.82) is 0 Å². The van der Waals surface area contributed by atoms with Gasteiger partial charge < -0.3 is 5.32 Å². The van der Waals surface area contributed by atoms with E-state index in [1.807, 2.05) is 50.2 Å². The van der Waals surface area contributed by atoms with Gasteiger partial charge in [0.25, 0.3) is 11.7 Å². The number of amides is 1. The zero-order valence-electron chi connectivity index (χ0n) is 14.6. The van der Waals surface area contributed by atoms with Gasteiger partial charge in [-0.25, -0.2) is 9.50 Å². The number of nitrogens with one attached hydrogen (secondary N) is 1. The average Bonchev–Trinajstić information content (AvgIpc) is 3.06. The monoisotopic (exact) mass is 346 g/mol. The van der Waals surface area contributed by atoms with Gasteiger partial charge in [0, 0.05) is 29.5 Å². The van der Waals surface area contributed by atoms with Crippen molar-refractivity contribution in [2.45, 2.75) is 20.3 Å². The summed E-state index contributed by atoms with van der Waals surface area (Å²) in [5.41, 5.74) is 3.79. The number of fused-ring (bicyclic) bond motifs is 2. The number of carbonyl (C=O) groups is 1. The van der Waals surface area contributed by atoms with E-state index < -0.39 is 0 Å². The molecule has 3 heterocycles. The van der Waals surface area contributed by atoms with Crippen LogP contribution < -0.4 is 5.32 Å². The molecule has 3 aromatic heterocycles. The normalized spacial score (nSPS) is 11.2. The summed E-state index contributed by atoms with van der Waals surface area (Å²) in [4.78, 5) is 25.3. The minimum atomic E-state index is -0.305. The van der Waals surface area contributed by atoms with Crippen LogP contribution in [0.1, 0.15) is 27.6 Å². The summed E-state index contributed by atoms with van der Waals surface area (Å²) in [5, 5.41) is 8.21. The van der Waals surface area contributed by atoms with Gasteiger partial charge in [0.15, 0.2) is 0 Å². The molecule has 0 aliphatic rings. The minimum Gasteiger partial charge on any atom is -0.349 e. The number of carbonyl (C=O) groups excluding carboxylic acids is 1. The number of para-hydroxylation sites is 1. The number of benzene rings is 1. The number of rotatable bonds is 4. The van der Waals surface area contributed by atoms with E-state index in [1.54, 1.807) is 10.7 Å². The van der Waals surface area contributed by atoms with Gasteiger partial charge in [0.2, 0.25) is 5.82 Å². The second-order valence-corrected chi connectivity index (χ2v) is 6.18. The van der Waals surface area contributed by atoms with Crippen molar-refractivity contribution in [3.63, 3.8) is 0 Å². The Morgan fingerprint density at radius 3 is 2.88 bits per heavy atom. The van der Waals surface area contributed by atoms with Crippen molar-refractivity contribution in [2.75, 3.05) is 6.54 Å². The van der Waals surface area contributed by atoms with E-state index in [4.69, 9.17) is 0 Å². The molecule has 0 atom stereocenters. The third kappa shape index (κ3) is 2.99. The number of aromatic nitrogens is 5. The first kappa shape index (κ1) is 16.1. The van der Waals surface area contributed by atoms with E-state index in [1.165, 1.54) is 0 Å². The molecule has 1 N–H and O–H groups in total. The molecule has 0 saturated heterocycles. The number of aryl methyl sites for hydroxylation is 2. The Morgan fingerprint density at radius 2 is 2.00 bits per heavy atom. The minimum absolute atomic E-state index is 0.127. The molecule has 0 aliphatic carbocycles. The molecule has 7 heteroatoms. The van der Waals surface area contributed by atoms with E-state index in [0.717, 1.165) is 27.9 Å². The van der Waals surface area contributed by atoms with Gasteiger partial charge in [-0.2, -0.15) is 4.98 Å². The molecule has 0 saturated carbocycles. The van der Waals surface area contributed by atoms with E-state index in [0.29, 0.717) is 18.7 Å². The fraction of sp³-hybridized carbons (Fsp3) is 0.211. The Balaban J connectivity index is 1.48. The van der Waals surface area contributed by atoms with Crippen molar-refractivity contribution < 1.29 is 4.79 Å². The van der Waals surface area contributed by atoms with Crippen LogP contribution in [0.25, 0.3) is 16.7 Å². The Bertz CT molecular complexity index is 1110. The van der Waals surface area contributed by atoms with Crippen LogP contribution in [0, 0.1) is 13.8 Å². The van der Waals surface area contributed by atoms with Crippen molar-refractivity contribution >= 4 is 22.6 Å². The van der Waals surface area contributed by atoms with Gasteiger partial charge in [-0.05, 0) is 38.0 Å². The molecule has 26 heavy (non-hydrogen) atoms. The fourth-order valence-corrected chi connectivity index (χ4v) is 3.02. The number of pyridine rings is 1. The summed E-state index contributed by atoms with van der Waals surface area (Å²) in [6.45, 7) is 4.28. The highest BCUT2D eigenvalue weighted by Gasteiger charge is 2.14. The molecule has 0 bridgehead atoms. The summed E-state index contributed by atoms with van der Waals surface area (Å²) in [5.74, 6) is 0.258. The maximum absolute atomic E-state index is 12.4. The molecule has 0 fully saturated rings. The first-order valence-corrected chi connectivity index (χ1v) is 8.43. The Morgan fingerprint density at radius 1 is 1.15 bits per heavy atom. The van der Waals surface area contributed by atoms with Crippen molar-refractivity contribution in [3.8, 4) is 0 Å². The van der Waals surface area contributed by atoms with E-state index in [-0.39, 0.29) is 11.7 Å². The van der Waals surface area contributed by atoms with Gasteiger partial charge >= 0.3 is 0 Å². The average molecular weight is 346 g/mol.